The Morgan fingerprint density at radius 3 is 2.41 bits per heavy atom. The van der Waals surface area contributed by atoms with E-state index in [1.807, 2.05) is 0 Å². The fraction of sp³-hybridized carbons (Fsp3) is 0.167. The molecule has 4 nitrogen and oxygen atoms in total. The molecular formula is C12H15BiO4. The quantitative estimate of drug-likeness (QED) is 0.336. The molecule has 1 rings (SSSR count). The van der Waals surface area contributed by atoms with Crippen molar-refractivity contribution >= 4 is 38.1 Å². The van der Waals surface area contributed by atoms with E-state index >= 15 is 0 Å². The fourth-order valence-corrected chi connectivity index (χ4v) is 1.03. The van der Waals surface area contributed by atoms with Gasteiger partial charge in [0.15, 0.2) is 0 Å². The molecule has 0 amide bonds. The molecule has 0 saturated carbocycles. The summed E-state index contributed by atoms with van der Waals surface area (Å²) in [5.74, 6) is -1.61. The van der Waals surface area contributed by atoms with Gasteiger partial charge in [0.05, 0.1) is 0 Å². The molecule has 0 saturated heterocycles. The van der Waals surface area contributed by atoms with E-state index in [1.54, 1.807) is 32.1 Å². The number of rotatable bonds is 3. The van der Waals surface area contributed by atoms with Crippen molar-refractivity contribution in [3.63, 3.8) is 0 Å². The van der Waals surface area contributed by atoms with Crippen LogP contribution in [0.15, 0.2) is 35.9 Å². The van der Waals surface area contributed by atoms with Gasteiger partial charge in [-0.15, -0.1) is 0 Å². The van der Waals surface area contributed by atoms with Crippen LogP contribution in [0.3, 0.4) is 0 Å². The third-order valence-electron chi connectivity index (χ3n) is 2.08. The summed E-state index contributed by atoms with van der Waals surface area (Å²) in [7, 11) is 0. The van der Waals surface area contributed by atoms with E-state index < -0.39 is 11.9 Å². The molecule has 0 bridgehead atoms. The maximum absolute atomic E-state index is 11.4. The number of esters is 1. The van der Waals surface area contributed by atoms with Crippen LogP contribution in [-0.2, 0) is 4.79 Å². The van der Waals surface area contributed by atoms with Crippen LogP contribution >= 0.6 is 0 Å². The van der Waals surface area contributed by atoms with Crippen LogP contribution < -0.4 is 4.74 Å². The predicted molar refractivity (Wildman–Crippen MR) is 68.4 cm³/mol. The van der Waals surface area contributed by atoms with E-state index in [-0.39, 0.29) is 37.5 Å². The standard InChI is InChI=1S/C12H12O4.Bi.3H/c1-3-8(2)12(15)16-10-7-5-4-6-9(10)11(13)14;;;;/h3-7H,1-2H3,(H,13,14);;;;. The maximum atomic E-state index is 11.4. The summed E-state index contributed by atoms with van der Waals surface area (Å²) in [6, 6.07) is 6.02. The van der Waals surface area contributed by atoms with E-state index in [2.05, 4.69) is 0 Å². The summed E-state index contributed by atoms with van der Waals surface area (Å²) in [6.45, 7) is 3.31. The van der Waals surface area contributed by atoms with Crippen molar-refractivity contribution in [1.82, 2.24) is 0 Å². The molecule has 1 aromatic rings. The molecule has 0 radical (unpaired) electrons. The molecule has 0 aliphatic heterocycles. The van der Waals surface area contributed by atoms with Gasteiger partial charge in [0.25, 0.3) is 0 Å². The molecule has 0 fully saturated rings. The molecule has 0 aromatic heterocycles. The monoisotopic (exact) mass is 432 g/mol. The van der Waals surface area contributed by atoms with E-state index in [1.165, 1.54) is 12.1 Å². The van der Waals surface area contributed by atoms with Gasteiger partial charge in [0.1, 0.15) is 11.3 Å². The van der Waals surface area contributed by atoms with Crippen LogP contribution in [0.4, 0.5) is 0 Å². The normalized spacial score (nSPS) is 10.4. The van der Waals surface area contributed by atoms with Crippen molar-refractivity contribution < 1.29 is 19.4 Å². The first-order chi connectivity index (χ1) is 7.56. The third-order valence-corrected chi connectivity index (χ3v) is 2.08. The Labute approximate surface area is 118 Å². The van der Waals surface area contributed by atoms with Crippen molar-refractivity contribution in [2.75, 3.05) is 0 Å². The zero-order chi connectivity index (χ0) is 12.1. The fourth-order valence-electron chi connectivity index (χ4n) is 1.03. The minimum atomic E-state index is -1.12. The van der Waals surface area contributed by atoms with Crippen LogP contribution in [0, 0.1) is 0 Å². The van der Waals surface area contributed by atoms with Gasteiger partial charge < -0.3 is 9.84 Å². The van der Waals surface area contributed by atoms with Crippen molar-refractivity contribution in [2.24, 2.45) is 0 Å². The van der Waals surface area contributed by atoms with Crippen molar-refractivity contribution in [3.8, 4) is 5.75 Å². The second kappa shape index (κ2) is 7.18. The summed E-state index contributed by atoms with van der Waals surface area (Å²) in [5, 5.41) is 8.87. The Kier molecular flexibility index (Phi) is 6.66. The van der Waals surface area contributed by atoms with Crippen LogP contribution in [0.5, 0.6) is 5.75 Å². The summed E-state index contributed by atoms with van der Waals surface area (Å²) in [6.07, 6.45) is 1.60. The average Bonchev–Trinajstić information content (AvgIpc) is 2.28. The van der Waals surface area contributed by atoms with Crippen molar-refractivity contribution in [2.45, 2.75) is 13.8 Å². The van der Waals surface area contributed by atoms with Gasteiger partial charge in [-0.2, -0.15) is 0 Å². The number of benzene rings is 1. The van der Waals surface area contributed by atoms with Gasteiger partial charge in [-0.3, -0.25) is 0 Å². The molecule has 0 aliphatic rings. The van der Waals surface area contributed by atoms with Crippen LogP contribution in [0.1, 0.15) is 24.2 Å². The van der Waals surface area contributed by atoms with Crippen LogP contribution in [0.25, 0.3) is 0 Å². The predicted octanol–water partition coefficient (Wildman–Crippen LogP) is 1.07. The minimum absolute atomic E-state index is 0. The molecule has 1 N–H and O–H groups in total. The van der Waals surface area contributed by atoms with E-state index in [9.17, 15) is 9.59 Å². The Morgan fingerprint density at radius 2 is 1.88 bits per heavy atom. The first kappa shape index (κ1) is 15.8. The van der Waals surface area contributed by atoms with E-state index in [0.717, 1.165) is 0 Å². The Hall–Kier alpha value is -1.22. The SMILES string of the molecule is CC=C(C)C(=O)Oc1ccccc1C(=O)O.[BiH3]. The first-order valence-electron chi connectivity index (χ1n) is 4.73. The zero-order valence-corrected chi connectivity index (χ0v) is 15.3. The van der Waals surface area contributed by atoms with Gasteiger partial charge in [-0.25, -0.2) is 9.59 Å². The molecule has 17 heavy (non-hydrogen) atoms. The summed E-state index contributed by atoms with van der Waals surface area (Å²) in [4.78, 5) is 22.3. The molecule has 0 aliphatic carbocycles. The summed E-state index contributed by atoms with van der Waals surface area (Å²) >= 11 is 0. The second-order valence-electron chi connectivity index (χ2n) is 3.16. The third kappa shape index (κ3) is 4.27. The van der Waals surface area contributed by atoms with Crippen LogP contribution in [0.2, 0.25) is 0 Å². The number of carbonyl (C=O) groups excluding carboxylic acids is 1. The molecule has 0 spiro atoms. The Balaban J connectivity index is 0.00000256. The number of ether oxygens (including phenoxy) is 1. The summed E-state index contributed by atoms with van der Waals surface area (Å²) < 4.78 is 4.97. The van der Waals surface area contributed by atoms with Gasteiger partial charge in [-0.05, 0) is 26.0 Å². The number of carboxylic acids is 1. The molecule has 0 unspecified atom stereocenters. The molecular weight excluding hydrogens is 417 g/mol. The van der Waals surface area contributed by atoms with E-state index in [4.69, 9.17) is 9.84 Å². The number of para-hydroxylation sites is 1. The number of aromatic carboxylic acids is 1. The van der Waals surface area contributed by atoms with Crippen LogP contribution in [-0.4, -0.2) is 43.2 Å². The molecule has 0 heterocycles. The average molecular weight is 432 g/mol. The molecule has 5 heteroatoms. The summed E-state index contributed by atoms with van der Waals surface area (Å²) in [5.41, 5.74) is 0.403. The zero-order valence-electron chi connectivity index (χ0n) is 9.77. The van der Waals surface area contributed by atoms with Gasteiger partial charge in [-0.1, -0.05) is 18.2 Å². The van der Waals surface area contributed by atoms with Crippen molar-refractivity contribution in [1.29, 1.82) is 0 Å². The molecule has 92 valence electrons. The number of carbonyl (C=O) groups is 2. The van der Waals surface area contributed by atoms with Gasteiger partial charge >= 0.3 is 38.1 Å². The van der Waals surface area contributed by atoms with Gasteiger partial charge in [0, 0.05) is 5.57 Å². The van der Waals surface area contributed by atoms with E-state index in [0.29, 0.717) is 5.57 Å². The number of allylic oxidation sites excluding steroid dienone is 1. The number of hydrogen-bond donors (Lipinski definition) is 1. The Bertz CT molecular complexity index is 452. The second-order valence-corrected chi connectivity index (χ2v) is 3.16. The Morgan fingerprint density at radius 1 is 1.29 bits per heavy atom. The van der Waals surface area contributed by atoms with Crippen molar-refractivity contribution in [3.05, 3.63) is 41.5 Å². The molecule has 0 atom stereocenters. The molecule has 1 aromatic carbocycles. The number of hydrogen-bond acceptors (Lipinski definition) is 3. The topological polar surface area (TPSA) is 63.6 Å². The number of carboxylic acid groups (broad SMARTS) is 1. The first-order valence-corrected chi connectivity index (χ1v) is 4.73. The van der Waals surface area contributed by atoms with Gasteiger partial charge in [0.2, 0.25) is 0 Å².